The standard InChI is InChI=1S/C22H22F3N3O2.C6H4F2/c1-14-9-10-16-12-17(15-6-3-2-4-7-15)21(29)28(20(16)27-14)13-18-19(8-5-11-26-18)30-22(23,24)25;7-5-2-1-3-6(8)4-5/h5,8-12,15H,2-4,6-7,13H2,1H3;1-4H. The topological polar surface area (TPSA) is 57.0 Å². The molecule has 5 rings (SSSR count). The largest absolute Gasteiger partial charge is 0.573 e. The average molecular weight is 532 g/mol. The van der Waals surface area contributed by atoms with Gasteiger partial charge < -0.3 is 4.74 Å². The van der Waals surface area contributed by atoms with Gasteiger partial charge in [0.1, 0.15) is 23.0 Å². The number of hydrogen-bond acceptors (Lipinski definition) is 4. The van der Waals surface area contributed by atoms with Crippen LogP contribution in [0, 0.1) is 18.6 Å². The Morgan fingerprint density at radius 1 is 0.974 bits per heavy atom. The zero-order valence-electron chi connectivity index (χ0n) is 20.6. The van der Waals surface area contributed by atoms with Crippen molar-refractivity contribution >= 4 is 11.0 Å². The molecule has 0 bridgehead atoms. The fourth-order valence-electron chi connectivity index (χ4n) is 4.59. The fraction of sp³-hybridized carbons (Fsp3) is 0.321. The fourth-order valence-corrected chi connectivity index (χ4v) is 4.59. The molecule has 1 saturated carbocycles. The number of benzene rings is 1. The van der Waals surface area contributed by atoms with Crippen LogP contribution in [0.15, 0.2) is 65.6 Å². The van der Waals surface area contributed by atoms with Crippen LogP contribution in [0.1, 0.15) is 55.0 Å². The van der Waals surface area contributed by atoms with Crippen LogP contribution in [-0.2, 0) is 6.54 Å². The van der Waals surface area contributed by atoms with E-state index in [0.29, 0.717) is 16.9 Å². The Morgan fingerprint density at radius 3 is 2.32 bits per heavy atom. The Balaban J connectivity index is 0.000000360. The van der Waals surface area contributed by atoms with Crippen LogP contribution in [0.25, 0.3) is 11.0 Å². The summed E-state index contributed by atoms with van der Waals surface area (Å²) < 4.78 is 67.9. The Hall–Kier alpha value is -3.82. The van der Waals surface area contributed by atoms with Gasteiger partial charge in [-0.3, -0.25) is 14.3 Å². The molecule has 1 aliphatic rings. The minimum Gasteiger partial charge on any atom is -0.404 e. The maximum absolute atomic E-state index is 13.4. The summed E-state index contributed by atoms with van der Waals surface area (Å²) in [6.07, 6.45) is 1.71. The predicted molar refractivity (Wildman–Crippen MR) is 133 cm³/mol. The molecule has 3 heterocycles. The highest BCUT2D eigenvalue weighted by Gasteiger charge is 2.32. The number of halogens is 5. The predicted octanol–water partition coefficient (Wildman–Crippen LogP) is 7.06. The quantitative estimate of drug-likeness (QED) is 0.265. The van der Waals surface area contributed by atoms with E-state index in [2.05, 4.69) is 14.7 Å². The molecule has 0 amide bonds. The van der Waals surface area contributed by atoms with E-state index in [1.165, 1.54) is 41.1 Å². The zero-order chi connectivity index (χ0) is 27.3. The van der Waals surface area contributed by atoms with Gasteiger partial charge in [-0.15, -0.1) is 13.2 Å². The van der Waals surface area contributed by atoms with Crippen molar-refractivity contribution < 1.29 is 26.7 Å². The molecule has 0 unspecified atom stereocenters. The summed E-state index contributed by atoms with van der Waals surface area (Å²) in [5, 5.41) is 0.787. The van der Waals surface area contributed by atoms with Gasteiger partial charge in [-0.1, -0.05) is 25.3 Å². The van der Waals surface area contributed by atoms with E-state index in [4.69, 9.17) is 0 Å². The third kappa shape index (κ3) is 6.93. The minimum absolute atomic E-state index is 0.0299. The molecule has 5 nitrogen and oxygen atoms in total. The summed E-state index contributed by atoms with van der Waals surface area (Å²) in [6, 6.07) is 12.8. The van der Waals surface area contributed by atoms with E-state index in [9.17, 15) is 26.7 Å². The molecule has 0 atom stereocenters. The van der Waals surface area contributed by atoms with Crippen molar-refractivity contribution in [3.63, 3.8) is 0 Å². The average Bonchev–Trinajstić information content (AvgIpc) is 2.87. The molecule has 38 heavy (non-hydrogen) atoms. The number of rotatable bonds is 4. The van der Waals surface area contributed by atoms with Crippen molar-refractivity contribution in [2.45, 2.75) is 57.9 Å². The van der Waals surface area contributed by atoms with Crippen LogP contribution in [-0.4, -0.2) is 20.9 Å². The van der Waals surface area contributed by atoms with Crippen LogP contribution in [0.3, 0.4) is 0 Å². The van der Waals surface area contributed by atoms with Crippen molar-refractivity contribution in [1.82, 2.24) is 14.5 Å². The maximum Gasteiger partial charge on any atom is 0.573 e. The first-order valence-electron chi connectivity index (χ1n) is 12.2. The van der Waals surface area contributed by atoms with Crippen LogP contribution < -0.4 is 10.3 Å². The zero-order valence-corrected chi connectivity index (χ0v) is 20.6. The van der Waals surface area contributed by atoms with Crippen LogP contribution >= 0.6 is 0 Å². The van der Waals surface area contributed by atoms with Gasteiger partial charge in [0.05, 0.1) is 6.54 Å². The highest BCUT2D eigenvalue weighted by molar-refractivity contribution is 5.76. The molecule has 1 fully saturated rings. The van der Waals surface area contributed by atoms with Gasteiger partial charge in [0.25, 0.3) is 5.56 Å². The van der Waals surface area contributed by atoms with Crippen LogP contribution in [0.4, 0.5) is 22.0 Å². The normalized spacial score (nSPS) is 14.2. The molecule has 1 aliphatic carbocycles. The van der Waals surface area contributed by atoms with Crippen molar-refractivity contribution in [1.29, 1.82) is 0 Å². The lowest BCUT2D eigenvalue weighted by Crippen LogP contribution is -2.28. The monoisotopic (exact) mass is 531 g/mol. The molecule has 10 heteroatoms. The molecule has 4 aromatic rings. The lowest BCUT2D eigenvalue weighted by Gasteiger charge is -2.23. The molecule has 0 saturated heterocycles. The van der Waals surface area contributed by atoms with Gasteiger partial charge in [0, 0.05) is 28.9 Å². The third-order valence-corrected chi connectivity index (χ3v) is 6.32. The first-order chi connectivity index (χ1) is 18.1. The Kier molecular flexibility index (Phi) is 8.38. The number of hydrogen-bond donors (Lipinski definition) is 0. The number of pyridine rings is 3. The van der Waals surface area contributed by atoms with Gasteiger partial charge in [-0.25, -0.2) is 13.8 Å². The van der Waals surface area contributed by atoms with Gasteiger partial charge in [-0.05, 0) is 68.1 Å². The Morgan fingerprint density at radius 2 is 1.68 bits per heavy atom. The highest BCUT2D eigenvalue weighted by atomic mass is 19.4. The van der Waals surface area contributed by atoms with Crippen molar-refractivity contribution in [3.05, 3.63) is 99.7 Å². The van der Waals surface area contributed by atoms with Gasteiger partial charge in [0.2, 0.25) is 0 Å². The second-order valence-corrected chi connectivity index (χ2v) is 9.13. The van der Waals surface area contributed by atoms with E-state index in [-0.39, 0.29) is 23.7 Å². The molecular weight excluding hydrogens is 505 g/mol. The first kappa shape index (κ1) is 27.2. The molecule has 0 N–H and O–H groups in total. The smallest absolute Gasteiger partial charge is 0.404 e. The molecule has 0 spiro atoms. The first-order valence-corrected chi connectivity index (χ1v) is 12.2. The van der Waals surface area contributed by atoms with Crippen LogP contribution in [0.5, 0.6) is 5.75 Å². The molecule has 3 aromatic heterocycles. The number of aryl methyl sites for hydroxylation is 1. The summed E-state index contributed by atoms with van der Waals surface area (Å²) in [7, 11) is 0. The number of fused-ring (bicyclic) bond motifs is 1. The van der Waals surface area contributed by atoms with E-state index < -0.39 is 23.7 Å². The number of nitrogens with zero attached hydrogens (tertiary/aromatic N) is 3. The number of aromatic nitrogens is 3. The molecule has 0 radical (unpaired) electrons. The second-order valence-electron chi connectivity index (χ2n) is 9.13. The number of alkyl halides is 3. The van der Waals surface area contributed by atoms with E-state index in [1.807, 2.05) is 25.1 Å². The van der Waals surface area contributed by atoms with E-state index in [1.54, 1.807) is 0 Å². The summed E-state index contributed by atoms with van der Waals surface area (Å²) in [5.74, 6) is -1.34. The summed E-state index contributed by atoms with van der Waals surface area (Å²) in [4.78, 5) is 22.0. The summed E-state index contributed by atoms with van der Waals surface area (Å²) in [5.41, 5.74) is 1.65. The third-order valence-electron chi connectivity index (χ3n) is 6.32. The lowest BCUT2D eigenvalue weighted by molar-refractivity contribution is -0.275. The molecular formula is C28H26F5N3O2. The Labute approximate surface area is 215 Å². The van der Waals surface area contributed by atoms with Gasteiger partial charge in [-0.2, -0.15) is 0 Å². The van der Waals surface area contributed by atoms with Gasteiger partial charge >= 0.3 is 6.36 Å². The second kappa shape index (κ2) is 11.7. The van der Waals surface area contributed by atoms with Crippen LogP contribution in [0.2, 0.25) is 0 Å². The maximum atomic E-state index is 13.4. The Bertz CT molecular complexity index is 1450. The minimum atomic E-state index is -4.84. The van der Waals surface area contributed by atoms with Crippen molar-refractivity contribution in [2.24, 2.45) is 0 Å². The highest BCUT2D eigenvalue weighted by Crippen LogP contribution is 2.32. The van der Waals surface area contributed by atoms with Gasteiger partial charge in [0.15, 0.2) is 5.75 Å². The molecule has 1 aromatic carbocycles. The summed E-state index contributed by atoms with van der Waals surface area (Å²) >= 11 is 0. The van der Waals surface area contributed by atoms with Crippen molar-refractivity contribution in [3.8, 4) is 5.75 Å². The molecule has 200 valence electrons. The SMILES string of the molecule is Cc1ccc2cc(C3CCCCC3)c(=O)n(Cc3ncccc3OC(F)(F)F)c2n1.Fc1cccc(F)c1. The van der Waals surface area contributed by atoms with Crippen molar-refractivity contribution in [2.75, 3.05) is 0 Å². The molecule has 0 aliphatic heterocycles. The summed E-state index contributed by atoms with van der Waals surface area (Å²) in [6.45, 7) is 1.65. The lowest BCUT2D eigenvalue weighted by atomic mass is 9.84. The van der Waals surface area contributed by atoms with E-state index in [0.717, 1.165) is 43.6 Å². The number of ether oxygens (including phenoxy) is 1. The van der Waals surface area contributed by atoms with E-state index >= 15 is 0 Å².